The van der Waals surface area contributed by atoms with Gasteiger partial charge in [-0.15, -0.1) is 0 Å². The van der Waals surface area contributed by atoms with Crippen molar-refractivity contribution in [1.82, 2.24) is 0 Å². The predicted octanol–water partition coefficient (Wildman–Crippen LogP) is 7.99. The van der Waals surface area contributed by atoms with Crippen molar-refractivity contribution in [1.29, 1.82) is 0 Å². The molecule has 202 valence electrons. The summed E-state index contributed by atoms with van der Waals surface area (Å²) >= 11 is 8.41. The highest BCUT2D eigenvalue weighted by Crippen LogP contribution is 2.71. The Bertz CT molecular complexity index is 801. The molecule has 0 aliphatic heterocycles. The Kier molecular flexibility index (Phi) is 7.94. The zero-order valence-corrected chi connectivity index (χ0v) is 25.8. The van der Waals surface area contributed by atoms with E-state index in [9.17, 15) is 14.3 Å². The number of rotatable bonds is 6. The van der Waals surface area contributed by atoms with E-state index in [0.29, 0.717) is 40.3 Å². The van der Waals surface area contributed by atoms with Gasteiger partial charge in [0, 0.05) is 22.5 Å². The average molecular weight is 622 g/mol. The first-order chi connectivity index (χ1) is 16.1. The number of carbonyl (C=O) groups excluding carboxylic acids is 1. The topological polar surface area (TPSA) is 46.5 Å². The van der Waals surface area contributed by atoms with Gasteiger partial charge in [0.15, 0.2) is 0 Å². The standard InChI is InChI=1S/C29H47Br2FO3/c1-17(7-10-25(34)26(3,4)32)21-8-9-22-20-15-24(30)29(31)16-19(35-18(2)33)11-14-28(29,6)23(20)12-13-27(21,22)5/h17,19-25,34H,7-16H2,1-6H3/t17-,19+,20+,21-,22+,23+,24?,25?,27-,28-,29?/m1/s1. The van der Waals surface area contributed by atoms with E-state index in [-0.39, 0.29) is 21.8 Å². The molecular formula is C29H47Br2FO3. The maximum absolute atomic E-state index is 14.2. The van der Waals surface area contributed by atoms with Crippen LogP contribution in [0.15, 0.2) is 0 Å². The van der Waals surface area contributed by atoms with Gasteiger partial charge in [0.25, 0.3) is 0 Å². The maximum atomic E-state index is 14.2. The van der Waals surface area contributed by atoms with Gasteiger partial charge in [-0.2, -0.15) is 0 Å². The third-order valence-corrected chi connectivity index (χ3v) is 15.0. The van der Waals surface area contributed by atoms with Gasteiger partial charge in [-0.3, -0.25) is 4.79 Å². The molecule has 0 amide bonds. The summed E-state index contributed by atoms with van der Waals surface area (Å²) in [5.41, 5.74) is -1.01. The van der Waals surface area contributed by atoms with Crippen LogP contribution in [0, 0.1) is 40.4 Å². The summed E-state index contributed by atoms with van der Waals surface area (Å²) in [7, 11) is 0. The molecule has 0 saturated heterocycles. The largest absolute Gasteiger partial charge is 0.463 e. The van der Waals surface area contributed by atoms with Gasteiger partial charge >= 0.3 is 5.97 Å². The molecule has 1 N–H and O–H groups in total. The van der Waals surface area contributed by atoms with E-state index in [4.69, 9.17) is 4.74 Å². The van der Waals surface area contributed by atoms with E-state index in [1.54, 1.807) is 0 Å². The lowest BCUT2D eigenvalue weighted by Crippen LogP contribution is -2.64. The molecule has 0 aromatic carbocycles. The Balaban J connectivity index is 1.50. The summed E-state index contributed by atoms with van der Waals surface area (Å²) in [6, 6.07) is 0. The van der Waals surface area contributed by atoms with Crippen LogP contribution in [0.5, 0.6) is 0 Å². The molecule has 4 aliphatic rings. The van der Waals surface area contributed by atoms with E-state index in [1.165, 1.54) is 52.9 Å². The molecule has 4 fully saturated rings. The first kappa shape index (κ1) is 28.3. The third-order valence-electron chi connectivity index (χ3n) is 11.5. The van der Waals surface area contributed by atoms with Crippen molar-refractivity contribution >= 4 is 37.8 Å². The molecule has 0 aromatic heterocycles. The molecule has 0 heterocycles. The molecule has 0 aromatic rings. The average Bonchev–Trinajstić information content (AvgIpc) is 3.10. The van der Waals surface area contributed by atoms with Crippen molar-refractivity contribution in [2.45, 2.75) is 133 Å². The van der Waals surface area contributed by atoms with Gasteiger partial charge in [-0.1, -0.05) is 52.6 Å². The second kappa shape index (κ2) is 9.81. The van der Waals surface area contributed by atoms with Gasteiger partial charge < -0.3 is 9.84 Å². The fourth-order valence-corrected chi connectivity index (χ4v) is 11.6. The van der Waals surface area contributed by atoms with E-state index in [2.05, 4.69) is 52.6 Å². The molecule has 6 heteroatoms. The molecule has 0 spiro atoms. The Morgan fingerprint density at radius 2 is 1.83 bits per heavy atom. The van der Waals surface area contributed by atoms with Crippen molar-refractivity contribution < 1.29 is 19.0 Å². The number of carbonyl (C=O) groups is 1. The second-order valence-corrected chi connectivity index (χ2v) is 16.2. The van der Waals surface area contributed by atoms with E-state index < -0.39 is 11.8 Å². The fourth-order valence-electron chi connectivity index (χ4n) is 9.42. The summed E-state index contributed by atoms with van der Waals surface area (Å²) in [6.07, 6.45) is 9.78. The molecule has 4 saturated carbocycles. The minimum Gasteiger partial charge on any atom is -0.463 e. The minimum absolute atomic E-state index is 0.00626. The van der Waals surface area contributed by atoms with Crippen molar-refractivity contribution in [3.8, 4) is 0 Å². The van der Waals surface area contributed by atoms with Crippen molar-refractivity contribution in [2.75, 3.05) is 0 Å². The SMILES string of the molecule is CC(=O)O[C@H]1CC[C@]2(C)[C@H]3CC[C@]4(C)[C@@H]([C@H](C)CCC(O)C(C)(C)F)CC[C@H]4[C@@H]3CC(Br)C2(Br)C1. The van der Waals surface area contributed by atoms with Crippen LogP contribution in [0.1, 0.15) is 106 Å². The number of fused-ring (bicyclic) bond motifs is 5. The fraction of sp³-hybridized carbons (Fsp3) is 0.966. The minimum atomic E-state index is -1.53. The van der Waals surface area contributed by atoms with E-state index in [0.717, 1.165) is 31.6 Å². The Morgan fingerprint density at radius 1 is 1.14 bits per heavy atom. The molecule has 0 radical (unpaired) electrons. The molecule has 3 nitrogen and oxygen atoms in total. The summed E-state index contributed by atoms with van der Waals surface area (Å²) in [5, 5.41) is 10.3. The number of alkyl halides is 3. The van der Waals surface area contributed by atoms with E-state index in [1.807, 2.05) is 0 Å². The van der Waals surface area contributed by atoms with Crippen molar-refractivity contribution in [3.05, 3.63) is 0 Å². The second-order valence-electron chi connectivity index (χ2n) is 13.7. The molecular weight excluding hydrogens is 575 g/mol. The van der Waals surface area contributed by atoms with Crippen LogP contribution in [0.4, 0.5) is 4.39 Å². The molecule has 0 bridgehead atoms. The summed E-state index contributed by atoms with van der Waals surface area (Å²) in [5.74, 6) is 3.13. The lowest BCUT2D eigenvalue weighted by atomic mass is 9.44. The van der Waals surface area contributed by atoms with Crippen LogP contribution in [0.25, 0.3) is 0 Å². The van der Waals surface area contributed by atoms with Crippen LogP contribution >= 0.6 is 31.9 Å². The number of hydrogen-bond acceptors (Lipinski definition) is 3. The number of ether oxygens (including phenoxy) is 1. The number of aliphatic hydroxyl groups is 1. The number of aliphatic hydroxyl groups excluding tert-OH is 1. The zero-order valence-electron chi connectivity index (χ0n) is 22.6. The van der Waals surface area contributed by atoms with Crippen molar-refractivity contribution in [2.24, 2.45) is 40.4 Å². The Morgan fingerprint density at radius 3 is 2.46 bits per heavy atom. The van der Waals surface area contributed by atoms with Crippen LogP contribution in [0.3, 0.4) is 0 Å². The zero-order chi connectivity index (χ0) is 26.0. The van der Waals surface area contributed by atoms with E-state index >= 15 is 0 Å². The first-order valence-electron chi connectivity index (χ1n) is 14.0. The molecule has 35 heavy (non-hydrogen) atoms. The number of halogens is 3. The summed E-state index contributed by atoms with van der Waals surface area (Å²) in [6.45, 7) is 11.9. The molecule has 4 aliphatic carbocycles. The van der Waals surface area contributed by atoms with Crippen molar-refractivity contribution in [3.63, 3.8) is 0 Å². The first-order valence-corrected chi connectivity index (χ1v) is 15.7. The Hall–Kier alpha value is 0.320. The monoisotopic (exact) mass is 620 g/mol. The van der Waals surface area contributed by atoms with Crippen LogP contribution < -0.4 is 0 Å². The normalized spacial score (nSPS) is 47.3. The van der Waals surface area contributed by atoms with Gasteiger partial charge in [-0.05, 0) is 112 Å². The van der Waals surface area contributed by atoms with Crippen LogP contribution in [-0.4, -0.2) is 38.1 Å². The molecule has 3 unspecified atom stereocenters. The maximum Gasteiger partial charge on any atom is 0.302 e. The summed E-state index contributed by atoms with van der Waals surface area (Å²) < 4.78 is 19.8. The van der Waals surface area contributed by atoms with Crippen LogP contribution in [0.2, 0.25) is 0 Å². The quantitative estimate of drug-likeness (QED) is 0.241. The van der Waals surface area contributed by atoms with Gasteiger partial charge in [0.1, 0.15) is 11.8 Å². The lowest BCUT2D eigenvalue weighted by Gasteiger charge is -2.66. The highest BCUT2D eigenvalue weighted by molar-refractivity contribution is 9.12. The smallest absolute Gasteiger partial charge is 0.302 e. The highest BCUT2D eigenvalue weighted by Gasteiger charge is 2.67. The third kappa shape index (κ3) is 4.81. The molecule has 11 atom stereocenters. The number of hydrogen-bond donors (Lipinski definition) is 1. The molecule has 4 rings (SSSR count). The number of esters is 1. The summed E-state index contributed by atoms with van der Waals surface area (Å²) in [4.78, 5) is 12.0. The van der Waals surface area contributed by atoms with Crippen LogP contribution in [-0.2, 0) is 9.53 Å². The Labute approximate surface area is 229 Å². The van der Waals surface area contributed by atoms with Gasteiger partial charge in [-0.25, -0.2) is 4.39 Å². The van der Waals surface area contributed by atoms with Gasteiger partial charge in [0.2, 0.25) is 0 Å². The predicted molar refractivity (Wildman–Crippen MR) is 147 cm³/mol. The van der Waals surface area contributed by atoms with Gasteiger partial charge in [0.05, 0.1) is 6.10 Å². The highest BCUT2D eigenvalue weighted by atomic mass is 79.9. The lowest BCUT2D eigenvalue weighted by molar-refractivity contribution is -0.155.